The molecule has 0 saturated carbocycles. The highest BCUT2D eigenvalue weighted by molar-refractivity contribution is 4.88. The molecular weight excluding hydrogens is 180 g/mol. The van der Waals surface area contributed by atoms with Crippen LogP contribution in [0.2, 0.25) is 0 Å². The molecule has 0 amide bonds. The second-order valence-corrected chi connectivity index (χ2v) is 3.85. The maximum Gasteiger partial charge on any atom is 0.342 e. The van der Waals surface area contributed by atoms with Crippen molar-refractivity contribution in [2.24, 2.45) is 7.05 Å². The lowest BCUT2D eigenvalue weighted by Gasteiger charge is -2.22. The third-order valence-electron chi connectivity index (χ3n) is 2.67. The molecule has 1 fully saturated rings. The Morgan fingerprint density at radius 3 is 3.00 bits per heavy atom. The SMILES string of the molecule is Cn1nc(CC2CCCCN2)[nH]c1=O. The number of aromatic amines is 1. The zero-order chi connectivity index (χ0) is 9.97. The molecule has 0 aromatic carbocycles. The van der Waals surface area contributed by atoms with Crippen LogP contribution in [0.4, 0.5) is 0 Å². The highest BCUT2D eigenvalue weighted by Gasteiger charge is 2.14. The largest absolute Gasteiger partial charge is 0.342 e. The van der Waals surface area contributed by atoms with Crippen LogP contribution in [0.15, 0.2) is 4.79 Å². The highest BCUT2D eigenvalue weighted by atomic mass is 16.1. The molecule has 1 atom stereocenters. The van der Waals surface area contributed by atoms with E-state index in [2.05, 4.69) is 15.4 Å². The molecule has 1 saturated heterocycles. The number of aryl methyl sites for hydroxylation is 1. The molecule has 1 aliphatic heterocycles. The Balaban J connectivity index is 1.99. The van der Waals surface area contributed by atoms with Gasteiger partial charge in [0.25, 0.3) is 0 Å². The molecule has 0 spiro atoms. The van der Waals surface area contributed by atoms with Gasteiger partial charge in [0.1, 0.15) is 5.82 Å². The van der Waals surface area contributed by atoms with Crippen molar-refractivity contribution in [2.45, 2.75) is 31.7 Å². The number of nitrogens with one attached hydrogen (secondary N) is 2. The summed E-state index contributed by atoms with van der Waals surface area (Å²) >= 11 is 0. The Hall–Kier alpha value is -1.10. The van der Waals surface area contributed by atoms with E-state index in [1.807, 2.05) is 0 Å². The fourth-order valence-electron chi connectivity index (χ4n) is 1.88. The van der Waals surface area contributed by atoms with Crippen LogP contribution >= 0.6 is 0 Å². The fourth-order valence-corrected chi connectivity index (χ4v) is 1.88. The summed E-state index contributed by atoms with van der Waals surface area (Å²) in [7, 11) is 1.66. The summed E-state index contributed by atoms with van der Waals surface area (Å²) < 4.78 is 1.35. The van der Waals surface area contributed by atoms with Crippen molar-refractivity contribution in [3.05, 3.63) is 16.3 Å². The molecule has 0 aliphatic carbocycles. The lowest BCUT2D eigenvalue weighted by Crippen LogP contribution is -2.35. The van der Waals surface area contributed by atoms with Crippen molar-refractivity contribution in [1.29, 1.82) is 0 Å². The molecule has 14 heavy (non-hydrogen) atoms. The molecule has 2 heterocycles. The maximum atomic E-state index is 11.1. The third kappa shape index (κ3) is 2.04. The van der Waals surface area contributed by atoms with Gasteiger partial charge in [0.2, 0.25) is 0 Å². The second kappa shape index (κ2) is 3.96. The molecule has 1 aromatic heterocycles. The van der Waals surface area contributed by atoms with Crippen molar-refractivity contribution < 1.29 is 0 Å². The number of H-pyrrole nitrogens is 1. The van der Waals surface area contributed by atoms with Crippen molar-refractivity contribution in [2.75, 3.05) is 6.54 Å². The topological polar surface area (TPSA) is 62.7 Å². The van der Waals surface area contributed by atoms with Crippen molar-refractivity contribution in [3.8, 4) is 0 Å². The number of hydrogen-bond acceptors (Lipinski definition) is 3. The Bertz CT molecular complexity index is 348. The molecule has 1 unspecified atom stereocenters. The summed E-state index contributed by atoms with van der Waals surface area (Å²) in [6.07, 6.45) is 4.54. The summed E-state index contributed by atoms with van der Waals surface area (Å²) in [5, 5.41) is 7.54. The minimum absolute atomic E-state index is 0.129. The van der Waals surface area contributed by atoms with E-state index in [0.29, 0.717) is 6.04 Å². The summed E-state index contributed by atoms with van der Waals surface area (Å²) in [4.78, 5) is 13.9. The van der Waals surface area contributed by atoms with Crippen LogP contribution in [0.25, 0.3) is 0 Å². The normalized spacial score (nSPS) is 22.5. The fraction of sp³-hybridized carbons (Fsp3) is 0.778. The number of rotatable bonds is 2. The van der Waals surface area contributed by atoms with Gasteiger partial charge in [-0.2, -0.15) is 5.10 Å². The van der Waals surface area contributed by atoms with Gasteiger partial charge in [-0.25, -0.2) is 9.48 Å². The average Bonchev–Trinajstić information content (AvgIpc) is 2.47. The van der Waals surface area contributed by atoms with Crippen LogP contribution in [-0.2, 0) is 13.5 Å². The minimum atomic E-state index is -0.129. The van der Waals surface area contributed by atoms with Crippen LogP contribution in [0, 0.1) is 0 Å². The second-order valence-electron chi connectivity index (χ2n) is 3.85. The molecule has 1 aromatic rings. The van der Waals surface area contributed by atoms with E-state index in [4.69, 9.17) is 0 Å². The van der Waals surface area contributed by atoms with Gasteiger partial charge in [-0.1, -0.05) is 6.42 Å². The first-order chi connectivity index (χ1) is 6.75. The van der Waals surface area contributed by atoms with Gasteiger partial charge in [-0.3, -0.25) is 4.98 Å². The monoisotopic (exact) mass is 196 g/mol. The van der Waals surface area contributed by atoms with Gasteiger partial charge in [0.05, 0.1) is 0 Å². The number of piperidine rings is 1. The van der Waals surface area contributed by atoms with E-state index in [9.17, 15) is 4.79 Å². The summed E-state index contributed by atoms with van der Waals surface area (Å²) in [6, 6.07) is 0.481. The molecule has 2 rings (SSSR count). The molecule has 0 radical (unpaired) electrons. The smallest absolute Gasteiger partial charge is 0.314 e. The lowest BCUT2D eigenvalue weighted by molar-refractivity contribution is 0.394. The first kappa shape index (κ1) is 9.45. The van der Waals surface area contributed by atoms with Gasteiger partial charge in [-0.05, 0) is 19.4 Å². The molecule has 1 aliphatic rings. The van der Waals surface area contributed by atoms with E-state index in [1.165, 1.54) is 23.9 Å². The molecule has 2 N–H and O–H groups in total. The molecule has 0 bridgehead atoms. The van der Waals surface area contributed by atoms with Gasteiger partial charge in [0, 0.05) is 19.5 Å². The molecule has 5 heteroatoms. The summed E-state index contributed by atoms with van der Waals surface area (Å²) in [5.41, 5.74) is -0.129. The van der Waals surface area contributed by atoms with Crippen LogP contribution < -0.4 is 11.0 Å². The quantitative estimate of drug-likeness (QED) is 0.688. The first-order valence-electron chi connectivity index (χ1n) is 5.11. The van der Waals surface area contributed by atoms with Gasteiger partial charge < -0.3 is 5.32 Å². The van der Waals surface area contributed by atoms with Crippen molar-refractivity contribution in [3.63, 3.8) is 0 Å². The van der Waals surface area contributed by atoms with E-state index in [-0.39, 0.29) is 5.69 Å². The lowest BCUT2D eigenvalue weighted by atomic mass is 10.0. The Morgan fingerprint density at radius 1 is 1.57 bits per heavy atom. The predicted molar refractivity (Wildman–Crippen MR) is 53.2 cm³/mol. The van der Waals surface area contributed by atoms with Crippen molar-refractivity contribution >= 4 is 0 Å². The van der Waals surface area contributed by atoms with Gasteiger partial charge in [-0.15, -0.1) is 0 Å². The Labute approximate surface area is 82.5 Å². The van der Waals surface area contributed by atoms with Crippen LogP contribution in [0.3, 0.4) is 0 Å². The standard InChI is InChI=1S/C9H16N4O/c1-13-9(14)11-8(12-13)6-7-4-2-3-5-10-7/h7,10H,2-6H2,1H3,(H,11,12,14). The Morgan fingerprint density at radius 2 is 2.43 bits per heavy atom. The van der Waals surface area contributed by atoms with Crippen LogP contribution in [-0.4, -0.2) is 27.4 Å². The number of aromatic nitrogens is 3. The number of nitrogens with zero attached hydrogens (tertiary/aromatic N) is 2. The minimum Gasteiger partial charge on any atom is -0.314 e. The van der Waals surface area contributed by atoms with E-state index >= 15 is 0 Å². The zero-order valence-corrected chi connectivity index (χ0v) is 8.42. The van der Waals surface area contributed by atoms with E-state index in [1.54, 1.807) is 7.05 Å². The first-order valence-corrected chi connectivity index (χ1v) is 5.11. The molecule has 5 nitrogen and oxygen atoms in total. The van der Waals surface area contributed by atoms with Crippen molar-refractivity contribution in [1.82, 2.24) is 20.1 Å². The molecular formula is C9H16N4O. The maximum absolute atomic E-state index is 11.1. The van der Waals surface area contributed by atoms with Gasteiger partial charge >= 0.3 is 5.69 Å². The van der Waals surface area contributed by atoms with Crippen LogP contribution in [0.1, 0.15) is 25.1 Å². The Kier molecular flexibility index (Phi) is 2.67. The number of hydrogen-bond donors (Lipinski definition) is 2. The zero-order valence-electron chi connectivity index (χ0n) is 8.42. The van der Waals surface area contributed by atoms with E-state index < -0.39 is 0 Å². The third-order valence-corrected chi connectivity index (χ3v) is 2.67. The van der Waals surface area contributed by atoms with E-state index in [0.717, 1.165) is 18.8 Å². The van der Waals surface area contributed by atoms with Crippen LogP contribution in [0.5, 0.6) is 0 Å². The predicted octanol–water partition coefficient (Wildman–Crippen LogP) is -0.207. The molecule has 78 valence electrons. The summed E-state index contributed by atoms with van der Waals surface area (Å²) in [5.74, 6) is 0.789. The summed E-state index contributed by atoms with van der Waals surface area (Å²) in [6.45, 7) is 1.09. The van der Waals surface area contributed by atoms with Gasteiger partial charge in [0.15, 0.2) is 0 Å². The average molecular weight is 196 g/mol. The highest BCUT2D eigenvalue weighted by Crippen LogP contribution is 2.09.